The molecule has 1 rings (SSSR count). The summed E-state index contributed by atoms with van der Waals surface area (Å²) in [5, 5.41) is 25.6. The number of nitrogens with one attached hydrogen (secondary N) is 2. The Labute approximate surface area is 148 Å². The van der Waals surface area contributed by atoms with E-state index in [0.29, 0.717) is 19.4 Å². The van der Waals surface area contributed by atoms with Gasteiger partial charge in [-0.2, -0.15) is 0 Å². The van der Waals surface area contributed by atoms with Crippen LogP contribution < -0.4 is 15.4 Å². The average Bonchev–Trinajstić information content (AvgIpc) is 2.52. The largest absolute Gasteiger partial charge is 0.506 e. The van der Waals surface area contributed by atoms with Crippen LogP contribution in [0.1, 0.15) is 50.9 Å². The zero-order valence-electron chi connectivity index (χ0n) is 15.3. The molecule has 140 valence electrons. The van der Waals surface area contributed by atoms with Gasteiger partial charge >= 0.3 is 0 Å². The van der Waals surface area contributed by atoms with E-state index in [4.69, 9.17) is 4.74 Å². The van der Waals surface area contributed by atoms with E-state index in [1.165, 1.54) is 19.1 Å². The van der Waals surface area contributed by atoms with E-state index >= 15 is 0 Å². The summed E-state index contributed by atoms with van der Waals surface area (Å²) in [7, 11) is 0. The number of ether oxygens (including phenoxy) is 1. The summed E-state index contributed by atoms with van der Waals surface area (Å²) in [6.45, 7) is 7.49. The summed E-state index contributed by atoms with van der Waals surface area (Å²) in [6.07, 6.45) is 0.242. The number of anilines is 1. The predicted molar refractivity (Wildman–Crippen MR) is 96.3 cm³/mol. The normalized spacial score (nSPS) is 12.1. The number of phenols is 1. The number of phenolic OH excluding ortho intramolecular Hbond substituents is 1. The van der Waals surface area contributed by atoms with Gasteiger partial charge in [0, 0.05) is 25.1 Å². The van der Waals surface area contributed by atoms with Crippen molar-refractivity contribution in [2.45, 2.75) is 52.7 Å². The molecule has 1 amide bonds. The second-order valence-electron chi connectivity index (χ2n) is 6.25. The monoisotopic (exact) mass is 352 g/mol. The zero-order valence-corrected chi connectivity index (χ0v) is 15.3. The highest BCUT2D eigenvalue weighted by Gasteiger charge is 2.16. The van der Waals surface area contributed by atoms with E-state index in [1.54, 1.807) is 0 Å². The van der Waals surface area contributed by atoms with E-state index in [9.17, 15) is 19.8 Å². The third-order valence-electron chi connectivity index (χ3n) is 3.42. The summed E-state index contributed by atoms with van der Waals surface area (Å²) in [4.78, 5) is 23.5. The van der Waals surface area contributed by atoms with Crippen LogP contribution in [0.2, 0.25) is 0 Å². The van der Waals surface area contributed by atoms with Crippen molar-refractivity contribution in [3.05, 3.63) is 17.7 Å². The van der Waals surface area contributed by atoms with Crippen LogP contribution in [0.5, 0.6) is 11.5 Å². The van der Waals surface area contributed by atoms with E-state index < -0.39 is 6.10 Å². The van der Waals surface area contributed by atoms with Crippen LogP contribution in [-0.4, -0.2) is 47.2 Å². The molecule has 0 bridgehead atoms. The molecule has 25 heavy (non-hydrogen) atoms. The lowest BCUT2D eigenvalue weighted by molar-refractivity contribution is -0.116. The van der Waals surface area contributed by atoms with Crippen molar-refractivity contribution < 1.29 is 24.5 Å². The van der Waals surface area contributed by atoms with Gasteiger partial charge in [0.25, 0.3) is 0 Å². The molecule has 0 aliphatic carbocycles. The number of aromatic hydroxyl groups is 1. The minimum Gasteiger partial charge on any atom is -0.506 e. The van der Waals surface area contributed by atoms with Gasteiger partial charge in [0.15, 0.2) is 5.78 Å². The van der Waals surface area contributed by atoms with E-state index in [0.717, 1.165) is 0 Å². The van der Waals surface area contributed by atoms with Gasteiger partial charge in [0.1, 0.15) is 24.2 Å². The molecule has 7 heteroatoms. The van der Waals surface area contributed by atoms with Crippen LogP contribution in [0.25, 0.3) is 0 Å². The van der Waals surface area contributed by atoms with Gasteiger partial charge < -0.3 is 25.6 Å². The molecule has 0 aliphatic rings. The molecule has 1 aromatic carbocycles. The number of aliphatic hydroxyl groups excluding tert-OH is 1. The number of hydrogen-bond acceptors (Lipinski definition) is 6. The van der Waals surface area contributed by atoms with Crippen molar-refractivity contribution in [1.29, 1.82) is 0 Å². The molecule has 1 atom stereocenters. The minimum atomic E-state index is -0.756. The number of carbonyl (C=O) groups is 2. The molecular formula is C18H28N2O5. The Bertz CT molecular complexity index is 601. The Hall–Kier alpha value is -2.12. The highest BCUT2D eigenvalue weighted by molar-refractivity contribution is 6.00. The van der Waals surface area contributed by atoms with Gasteiger partial charge in [-0.15, -0.1) is 0 Å². The van der Waals surface area contributed by atoms with Crippen molar-refractivity contribution in [3.63, 3.8) is 0 Å². The predicted octanol–water partition coefficient (Wildman–Crippen LogP) is 2.07. The molecule has 0 heterocycles. The van der Waals surface area contributed by atoms with Crippen molar-refractivity contribution in [1.82, 2.24) is 5.32 Å². The zero-order chi connectivity index (χ0) is 19.0. The molecule has 0 aromatic heterocycles. The first-order valence-electron chi connectivity index (χ1n) is 8.46. The second kappa shape index (κ2) is 10.0. The van der Waals surface area contributed by atoms with Gasteiger partial charge in [-0.3, -0.25) is 9.59 Å². The molecule has 1 unspecified atom stereocenters. The lowest BCUT2D eigenvalue weighted by atomic mass is 10.1. The Balaban J connectivity index is 2.87. The number of aliphatic hydroxyl groups is 1. The summed E-state index contributed by atoms with van der Waals surface area (Å²) in [5.41, 5.74) is 0.395. The van der Waals surface area contributed by atoms with E-state index in [1.807, 2.05) is 20.8 Å². The standard InChI is InChI=1S/C18H28N2O5/c1-5-6-18(24)20-15-7-14(12(4)21)17(8-16(15)23)25-10-13(22)9-19-11(2)3/h7-8,11,13,19,22-23H,5-6,9-10H2,1-4H3,(H,20,24). The summed E-state index contributed by atoms with van der Waals surface area (Å²) in [5.74, 6) is -0.534. The number of ketones is 1. The molecule has 0 radical (unpaired) electrons. The number of Topliss-reactive ketones (excluding diaryl/α,β-unsaturated/α-hetero) is 1. The first-order chi connectivity index (χ1) is 11.7. The van der Waals surface area contributed by atoms with Crippen molar-refractivity contribution in [2.75, 3.05) is 18.5 Å². The highest BCUT2D eigenvalue weighted by Crippen LogP contribution is 2.33. The minimum absolute atomic E-state index is 0.0268. The van der Waals surface area contributed by atoms with Crippen LogP contribution in [0.15, 0.2) is 12.1 Å². The summed E-state index contributed by atoms with van der Waals surface area (Å²) in [6, 6.07) is 2.90. The summed E-state index contributed by atoms with van der Waals surface area (Å²) >= 11 is 0. The van der Waals surface area contributed by atoms with Crippen LogP contribution >= 0.6 is 0 Å². The molecule has 7 nitrogen and oxygen atoms in total. The van der Waals surface area contributed by atoms with Gasteiger partial charge in [-0.05, 0) is 19.4 Å². The molecule has 0 saturated carbocycles. The fourth-order valence-corrected chi connectivity index (χ4v) is 2.12. The average molecular weight is 352 g/mol. The Morgan fingerprint density at radius 2 is 1.96 bits per heavy atom. The molecule has 4 N–H and O–H groups in total. The van der Waals surface area contributed by atoms with E-state index in [2.05, 4.69) is 10.6 Å². The van der Waals surface area contributed by atoms with Gasteiger partial charge in [-0.25, -0.2) is 0 Å². The smallest absolute Gasteiger partial charge is 0.224 e. The number of benzene rings is 1. The van der Waals surface area contributed by atoms with Crippen LogP contribution in [0, 0.1) is 0 Å². The molecule has 1 aromatic rings. The third-order valence-corrected chi connectivity index (χ3v) is 3.42. The fraction of sp³-hybridized carbons (Fsp3) is 0.556. The Morgan fingerprint density at radius 3 is 2.52 bits per heavy atom. The van der Waals surface area contributed by atoms with E-state index in [-0.39, 0.29) is 47.1 Å². The van der Waals surface area contributed by atoms with Crippen molar-refractivity contribution in [2.24, 2.45) is 0 Å². The van der Waals surface area contributed by atoms with Gasteiger partial charge in [-0.1, -0.05) is 20.8 Å². The van der Waals surface area contributed by atoms with Gasteiger partial charge in [0.05, 0.1) is 11.3 Å². The first-order valence-corrected chi connectivity index (χ1v) is 8.46. The second-order valence-corrected chi connectivity index (χ2v) is 6.25. The van der Waals surface area contributed by atoms with Gasteiger partial charge in [0.2, 0.25) is 5.91 Å². The van der Waals surface area contributed by atoms with Crippen molar-refractivity contribution >= 4 is 17.4 Å². The maximum absolute atomic E-state index is 11.9. The van der Waals surface area contributed by atoms with Crippen LogP contribution in [0.4, 0.5) is 5.69 Å². The lowest BCUT2D eigenvalue weighted by Gasteiger charge is -2.17. The first kappa shape index (κ1) is 20.9. The van der Waals surface area contributed by atoms with Crippen LogP contribution in [-0.2, 0) is 4.79 Å². The third kappa shape index (κ3) is 7.11. The highest BCUT2D eigenvalue weighted by atomic mass is 16.5. The fourth-order valence-electron chi connectivity index (χ4n) is 2.12. The maximum atomic E-state index is 11.9. The Morgan fingerprint density at radius 1 is 1.28 bits per heavy atom. The summed E-state index contributed by atoms with van der Waals surface area (Å²) < 4.78 is 5.50. The number of rotatable bonds is 10. The number of amides is 1. The number of hydrogen-bond donors (Lipinski definition) is 4. The lowest BCUT2D eigenvalue weighted by Crippen LogP contribution is -2.35. The van der Waals surface area contributed by atoms with Crippen LogP contribution in [0.3, 0.4) is 0 Å². The molecule has 0 aliphatic heterocycles. The topological polar surface area (TPSA) is 108 Å². The molecule has 0 saturated heterocycles. The molecular weight excluding hydrogens is 324 g/mol. The molecule has 0 spiro atoms. The molecule has 0 fully saturated rings. The SMILES string of the molecule is CCCC(=O)Nc1cc(C(C)=O)c(OCC(O)CNC(C)C)cc1O. The Kier molecular flexibility index (Phi) is 8.37. The van der Waals surface area contributed by atoms with Crippen molar-refractivity contribution in [3.8, 4) is 11.5 Å². The quantitative estimate of drug-likeness (QED) is 0.379. The number of carbonyl (C=O) groups excluding carboxylic acids is 2. The maximum Gasteiger partial charge on any atom is 0.224 e.